The van der Waals surface area contributed by atoms with Crippen LogP contribution in [0, 0.1) is 12.8 Å². The molecule has 1 saturated carbocycles. The molecule has 208 valence electrons. The molecule has 0 aliphatic heterocycles. The summed E-state index contributed by atoms with van der Waals surface area (Å²) in [6, 6.07) is 4.98. The SMILES string of the molecule is CC.CC(C)(O)C1CCCCC1.Cc1nc2ccc(-c3ccn4nc(N)nc(N)c34)nc2n1CC(F)(F)F. The summed E-state index contributed by atoms with van der Waals surface area (Å²) in [4.78, 5) is 12.4. The minimum Gasteiger partial charge on any atom is -0.390 e. The van der Waals surface area contributed by atoms with Gasteiger partial charge in [0.2, 0.25) is 5.95 Å². The van der Waals surface area contributed by atoms with E-state index in [-0.39, 0.29) is 23.2 Å². The highest BCUT2D eigenvalue weighted by Crippen LogP contribution is 2.32. The summed E-state index contributed by atoms with van der Waals surface area (Å²) in [5.74, 6) is 0.958. The third kappa shape index (κ3) is 6.72. The van der Waals surface area contributed by atoms with Crippen LogP contribution in [0.1, 0.15) is 65.6 Å². The van der Waals surface area contributed by atoms with Gasteiger partial charge in [0, 0.05) is 11.8 Å². The molecule has 4 aromatic heterocycles. The zero-order valence-electron chi connectivity index (χ0n) is 22.5. The van der Waals surface area contributed by atoms with Gasteiger partial charge < -0.3 is 21.1 Å². The number of fused-ring (bicyclic) bond motifs is 2. The highest BCUT2D eigenvalue weighted by atomic mass is 19.4. The largest absolute Gasteiger partial charge is 0.406 e. The number of rotatable bonds is 3. The molecule has 1 aliphatic rings. The van der Waals surface area contributed by atoms with Crippen molar-refractivity contribution in [2.45, 2.75) is 85.0 Å². The van der Waals surface area contributed by atoms with E-state index < -0.39 is 18.3 Å². The second-order valence-electron chi connectivity index (χ2n) is 9.77. The standard InChI is InChI=1S/C15H13F3N8.C9H18O.C2H6/c1-7-21-10-3-2-9(22-13(10)25(7)6-15(16,17)18)8-4-5-26-11(8)12(19)23-14(20)24-26;1-9(2,10)8-6-4-3-5-7-8;1-2/h2-5H,6H2,1H3,(H4,19,20,23,24);8,10H,3-7H2,1-2H3;1-2H3. The van der Waals surface area contributed by atoms with Crippen molar-refractivity contribution >= 4 is 28.4 Å². The van der Waals surface area contributed by atoms with Crippen LogP contribution in [-0.2, 0) is 6.54 Å². The fourth-order valence-electron chi connectivity index (χ4n) is 4.72. The third-order valence-corrected chi connectivity index (χ3v) is 6.56. The highest BCUT2D eigenvalue weighted by Gasteiger charge is 2.30. The Bertz CT molecular complexity index is 1370. The van der Waals surface area contributed by atoms with Crippen molar-refractivity contribution in [3.8, 4) is 11.3 Å². The van der Waals surface area contributed by atoms with E-state index in [0.29, 0.717) is 28.2 Å². The number of alkyl halides is 3. The molecule has 38 heavy (non-hydrogen) atoms. The Hall–Kier alpha value is -3.41. The molecule has 0 atom stereocenters. The van der Waals surface area contributed by atoms with E-state index in [9.17, 15) is 18.3 Å². The quantitative estimate of drug-likeness (QED) is 0.314. The number of nitrogen functional groups attached to an aromatic ring is 2. The first kappa shape index (κ1) is 29.2. The van der Waals surface area contributed by atoms with Gasteiger partial charge in [-0.25, -0.2) is 14.5 Å². The molecule has 5 rings (SSSR count). The van der Waals surface area contributed by atoms with Crippen LogP contribution in [0.25, 0.3) is 27.9 Å². The minimum atomic E-state index is -4.38. The molecule has 1 aliphatic carbocycles. The first-order valence-corrected chi connectivity index (χ1v) is 12.9. The van der Waals surface area contributed by atoms with E-state index in [1.54, 1.807) is 24.4 Å². The molecule has 4 aromatic rings. The number of hydrogen-bond acceptors (Lipinski definition) is 7. The van der Waals surface area contributed by atoms with Crippen LogP contribution in [-0.4, -0.2) is 46.0 Å². The Morgan fingerprint density at radius 2 is 1.66 bits per heavy atom. The number of aromatic nitrogens is 6. The number of imidazole rings is 1. The van der Waals surface area contributed by atoms with Gasteiger partial charge in [-0.2, -0.15) is 18.2 Å². The Balaban J connectivity index is 0.000000280. The number of aryl methyl sites for hydroxylation is 1. The normalized spacial score (nSPS) is 14.7. The smallest absolute Gasteiger partial charge is 0.390 e. The lowest BCUT2D eigenvalue weighted by molar-refractivity contribution is -0.140. The van der Waals surface area contributed by atoms with Crippen LogP contribution in [0.3, 0.4) is 0 Å². The van der Waals surface area contributed by atoms with Crippen molar-refractivity contribution in [2.75, 3.05) is 11.5 Å². The van der Waals surface area contributed by atoms with Crippen molar-refractivity contribution in [1.82, 2.24) is 29.1 Å². The second kappa shape index (κ2) is 11.5. The maximum absolute atomic E-state index is 12.9. The molecule has 5 N–H and O–H groups in total. The summed E-state index contributed by atoms with van der Waals surface area (Å²) >= 11 is 0. The number of nitrogens with two attached hydrogens (primary N) is 2. The molecule has 0 radical (unpaired) electrons. The number of nitrogens with zero attached hydrogens (tertiary/aromatic N) is 6. The Morgan fingerprint density at radius 1 is 1.00 bits per heavy atom. The Kier molecular flexibility index (Phi) is 8.86. The van der Waals surface area contributed by atoms with Crippen LogP contribution in [0.2, 0.25) is 0 Å². The van der Waals surface area contributed by atoms with Gasteiger partial charge in [0.15, 0.2) is 11.5 Å². The van der Waals surface area contributed by atoms with Gasteiger partial charge in [0.1, 0.15) is 23.4 Å². The zero-order valence-corrected chi connectivity index (χ0v) is 22.5. The molecular formula is C26H37F3N8O. The zero-order chi connectivity index (χ0) is 28.3. The van der Waals surface area contributed by atoms with Gasteiger partial charge in [-0.15, -0.1) is 5.10 Å². The third-order valence-electron chi connectivity index (χ3n) is 6.56. The van der Waals surface area contributed by atoms with Crippen molar-refractivity contribution in [3.63, 3.8) is 0 Å². The lowest BCUT2D eigenvalue weighted by Gasteiger charge is -2.32. The number of anilines is 2. The number of aliphatic hydroxyl groups is 1. The van der Waals surface area contributed by atoms with Gasteiger partial charge in [0.05, 0.1) is 11.3 Å². The lowest BCUT2D eigenvalue weighted by Crippen LogP contribution is -2.32. The summed E-state index contributed by atoms with van der Waals surface area (Å²) in [5, 5.41) is 13.7. The van der Waals surface area contributed by atoms with Gasteiger partial charge in [-0.3, -0.25) is 0 Å². The number of pyridine rings is 1. The fraction of sp³-hybridized carbons (Fsp3) is 0.538. The molecule has 9 nitrogen and oxygen atoms in total. The maximum Gasteiger partial charge on any atom is 0.406 e. The van der Waals surface area contributed by atoms with Crippen LogP contribution in [0.5, 0.6) is 0 Å². The van der Waals surface area contributed by atoms with Crippen LogP contribution in [0.4, 0.5) is 24.9 Å². The Morgan fingerprint density at radius 3 is 2.24 bits per heavy atom. The van der Waals surface area contributed by atoms with Gasteiger partial charge in [-0.1, -0.05) is 33.1 Å². The van der Waals surface area contributed by atoms with Crippen LogP contribution >= 0.6 is 0 Å². The van der Waals surface area contributed by atoms with E-state index >= 15 is 0 Å². The van der Waals surface area contributed by atoms with Crippen LogP contribution in [0.15, 0.2) is 24.4 Å². The maximum atomic E-state index is 12.9. The molecule has 0 saturated heterocycles. The average Bonchev–Trinajstić information content (AvgIpc) is 3.40. The molecule has 1 fully saturated rings. The van der Waals surface area contributed by atoms with Crippen molar-refractivity contribution in [1.29, 1.82) is 0 Å². The molecule has 0 amide bonds. The number of halogens is 3. The lowest BCUT2D eigenvalue weighted by atomic mass is 9.79. The molecule has 4 heterocycles. The molecule has 12 heteroatoms. The predicted octanol–water partition coefficient (Wildman–Crippen LogP) is 5.54. The Labute approximate surface area is 220 Å². The first-order chi connectivity index (χ1) is 17.8. The van der Waals surface area contributed by atoms with E-state index in [1.165, 1.54) is 43.5 Å². The van der Waals surface area contributed by atoms with Crippen molar-refractivity contribution < 1.29 is 18.3 Å². The molecule has 0 aromatic carbocycles. The average molecular weight is 535 g/mol. The summed E-state index contributed by atoms with van der Waals surface area (Å²) in [7, 11) is 0. The fourth-order valence-corrected chi connectivity index (χ4v) is 4.72. The topological polar surface area (TPSA) is 133 Å². The van der Waals surface area contributed by atoms with Crippen molar-refractivity contribution in [3.05, 3.63) is 30.2 Å². The van der Waals surface area contributed by atoms with Gasteiger partial charge >= 0.3 is 6.18 Å². The van der Waals surface area contributed by atoms with E-state index in [1.807, 2.05) is 27.7 Å². The summed E-state index contributed by atoms with van der Waals surface area (Å²) in [5.41, 5.74) is 13.1. The van der Waals surface area contributed by atoms with E-state index in [0.717, 1.165) is 4.57 Å². The highest BCUT2D eigenvalue weighted by molar-refractivity contribution is 5.88. The first-order valence-electron chi connectivity index (χ1n) is 12.9. The molecule has 0 bridgehead atoms. The monoisotopic (exact) mass is 534 g/mol. The predicted molar refractivity (Wildman–Crippen MR) is 143 cm³/mol. The second-order valence-corrected chi connectivity index (χ2v) is 9.77. The molecule has 0 unspecified atom stereocenters. The van der Waals surface area contributed by atoms with Gasteiger partial charge in [0.25, 0.3) is 0 Å². The minimum absolute atomic E-state index is 0.0134. The van der Waals surface area contributed by atoms with Crippen molar-refractivity contribution in [2.24, 2.45) is 5.92 Å². The molecule has 0 spiro atoms. The van der Waals surface area contributed by atoms with E-state index in [2.05, 4.69) is 20.1 Å². The molecular weight excluding hydrogens is 497 g/mol. The van der Waals surface area contributed by atoms with Crippen LogP contribution < -0.4 is 11.5 Å². The summed E-state index contributed by atoms with van der Waals surface area (Å²) in [6.07, 6.45) is 3.70. The summed E-state index contributed by atoms with van der Waals surface area (Å²) < 4.78 is 41.1. The van der Waals surface area contributed by atoms with E-state index in [4.69, 9.17) is 11.5 Å². The summed E-state index contributed by atoms with van der Waals surface area (Å²) in [6.45, 7) is 8.21. The van der Waals surface area contributed by atoms with Gasteiger partial charge in [-0.05, 0) is 57.7 Å². The number of hydrogen-bond donors (Lipinski definition) is 3.